The summed E-state index contributed by atoms with van der Waals surface area (Å²) in [6.45, 7) is 13.8. The van der Waals surface area contributed by atoms with E-state index in [4.69, 9.17) is 15.3 Å². The maximum absolute atomic E-state index is 8.67. The molecule has 0 unspecified atom stereocenters. The van der Waals surface area contributed by atoms with Crippen LogP contribution in [0.3, 0.4) is 0 Å². The van der Waals surface area contributed by atoms with Crippen LogP contribution in [0.1, 0.15) is 81.6 Å². The van der Waals surface area contributed by atoms with Crippen molar-refractivity contribution in [1.82, 2.24) is 0 Å². The van der Waals surface area contributed by atoms with Crippen LogP contribution in [-0.4, -0.2) is 34.1 Å². The minimum Gasteiger partial charge on any atom is -0.394 e. The van der Waals surface area contributed by atoms with Crippen LogP contribution in [0.25, 0.3) is 0 Å². The lowest BCUT2D eigenvalue weighted by atomic mass is 10.2. The third-order valence-electron chi connectivity index (χ3n) is 1.21. The van der Waals surface area contributed by atoms with Gasteiger partial charge in [-0.05, 0) is 19.8 Å². The Morgan fingerprint density at radius 1 is 0.778 bits per heavy atom. The molecule has 0 aliphatic carbocycles. The van der Waals surface area contributed by atoms with Gasteiger partial charge in [0.05, 0.1) is 18.8 Å². The summed E-state index contributed by atoms with van der Waals surface area (Å²) in [6.07, 6.45) is 3.65. The molecule has 0 spiro atoms. The van der Waals surface area contributed by atoms with Gasteiger partial charge in [0.2, 0.25) is 0 Å². The molecule has 3 nitrogen and oxygen atoms in total. The van der Waals surface area contributed by atoms with E-state index in [1.54, 1.807) is 0 Å². The molecule has 0 heterocycles. The Balaban J connectivity index is -0.0000000429. The summed E-state index contributed by atoms with van der Waals surface area (Å²) in [6, 6.07) is 0. The van der Waals surface area contributed by atoms with Crippen molar-refractivity contribution in [3.8, 4) is 0 Å². The summed E-state index contributed by atoms with van der Waals surface area (Å²) in [5.74, 6) is 0. The largest absolute Gasteiger partial charge is 0.394 e. The molecule has 0 aromatic heterocycles. The van der Waals surface area contributed by atoms with Crippen molar-refractivity contribution < 1.29 is 15.3 Å². The molecular weight excluding hydrogens is 228 g/mol. The normalized spacial score (nSPS) is 9.50. The van der Waals surface area contributed by atoms with Crippen molar-refractivity contribution in [2.75, 3.05) is 6.61 Å². The van der Waals surface area contributed by atoms with Gasteiger partial charge < -0.3 is 15.3 Å². The van der Waals surface area contributed by atoms with Crippen LogP contribution in [-0.2, 0) is 0 Å². The second-order valence-electron chi connectivity index (χ2n) is 3.92. The zero-order chi connectivity index (χ0) is 14.7. The molecule has 0 rings (SSSR count). The Morgan fingerprint density at radius 2 is 0.944 bits per heavy atom. The number of hydrogen-bond acceptors (Lipinski definition) is 3. The second-order valence-corrected chi connectivity index (χ2v) is 3.92. The molecule has 0 fully saturated rings. The minimum atomic E-state index is -0.560. The van der Waals surface area contributed by atoms with E-state index in [9.17, 15) is 0 Å². The van der Waals surface area contributed by atoms with E-state index in [1.165, 1.54) is 19.8 Å². The van der Waals surface area contributed by atoms with Crippen molar-refractivity contribution in [1.29, 1.82) is 0 Å². The standard InChI is InChI=1S/C5H12O.C3H8O2.2C3H8.CH4/c1-3-5(6)4-2;1-3(5)2-4;2*1-3-2;/h5-6H,3-4H2,1-2H3;3-5H,2H2,1H3;2*3H2,1-2H3;1H4/t;3-;;;/m.1.../s1. The van der Waals surface area contributed by atoms with Gasteiger partial charge in [-0.25, -0.2) is 0 Å². The van der Waals surface area contributed by atoms with E-state index >= 15 is 0 Å². The van der Waals surface area contributed by atoms with E-state index in [0.717, 1.165) is 12.8 Å². The lowest BCUT2D eigenvalue weighted by Crippen LogP contribution is -2.03. The molecule has 0 aliphatic rings. The van der Waals surface area contributed by atoms with Crippen molar-refractivity contribution in [2.45, 2.75) is 93.8 Å². The topological polar surface area (TPSA) is 60.7 Å². The smallest absolute Gasteiger partial charge is 0.0742 e. The fourth-order valence-corrected chi connectivity index (χ4v) is 0.289. The van der Waals surface area contributed by atoms with Crippen LogP contribution in [0.4, 0.5) is 0 Å². The zero-order valence-electron chi connectivity index (χ0n) is 13.0. The van der Waals surface area contributed by atoms with Crippen molar-refractivity contribution in [3.05, 3.63) is 0 Å². The molecule has 0 radical (unpaired) electrons. The number of rotatable bonds is 3. The lowest BCUT2D eigenvalue weighted by Gasteiger charge is -1.98. The maximum Gasteiger partial charge on any atom is 0.0742 e. The summed E-state index contributed by atoms with van der Waals surface area (Å²) in [5, 5.41) is 24.7. The van der Waals surface area contributed by atoms with Gasteiger partial charge in [-0.3, -0.25) is 0 Å². The Kier molecular flexibility index (Phi) is 61.4. The molecule has 3 N–H and O–H groups in total. The van der Waals surface area contributed by atoms with Gasteiger partial charge in [-0.2, -0.15) is 0 Å². The van der Waals surface area contributed by atoms with E-state index in [2.05, 4.69) is 27.7 Å². The monoisotopic (exact) mass is 268 g/mol. The minimum absolute atomic E-state index is 0. The van der Waals surface area contributed by atoms with E-state index in [1.807, 2.05) is 13.8 Å². The highest BCUT2D eigenvalue weighted by Crippen LogP contribution is 1.91. The Morgan fingerprint density at radius 3 is 0.944 bits per heavy atom. The van der Waals surface area contributed by atoms with E-state index < -0.39 is 6.10 Å². The predicted octanol–water partition coefficient (Wildman–Crippen LogP) is 4.00. The summed E-state index contributed by atoms with van der Waals surface area (Å²) in [5.41, 5.74) is 0. The SMILES string of the molecule is C.CCC.CCC.CCC(O)CC.C[C@@H](O)CO. The zero-order valence-corrected chi connectivity index (χ0v) is 13.0. The van der Waals surface area contributed by atoms with Crippen LogP contribution in [0, 0.1) is 0 Å². The maximum atomic E-state index is 8.67. The first-order valence-corrected chi connectivity index (χ1v) is 6.88. The first-order chi connectivity index (χ1) is 7.91. The van der Waals surface area contributed by atoms with Gasteiger partial charge in [-0.15, -0.1) is 0 Å². The quantitative estimate of drug-likeness (QED) is 0.725. The van der Waals surface area contributed by atoms with Crippen LogP contribution in [0.15, 0.2) is 0 Å². The van der Waals surface area contributed by atoms with Crippen LogP contribution < -0.4 is 0 Å². The van der Waals surface area contributed by atoms with E-state index in [-0.39, 0.29) is 20.1 Å². The predicted molar refractivity (Wildman–Crippen MR) is 84.0 cm³/mol. The fourth-order valence-electron chi connectivity index (χ4n) is 0.289. The summed E-state index contributed by atoms with van der Waals surface area (Å²) in [7, 11) is 0. The van der Waals surface area contributed by atoms with Gasteiger partial charge in [0, 0.05) is 0 Å². The molecule has 0 aliphatic heterocycles. The summed E-state index contributed by atoms with van der Waals surface area (Å²) < 4.78 is 0. The first-order valence-electron chi connectivity index (χ1n) is 6.88. The van der Waals surface area contributed by atoms with Gasteiger partial charge in [0.1, 0.15) is 0 Å². The van der Waals surface area contributed by atoms with Gasteiger partial charge in [-0.1, -0.05) is 61.8 Å². The Bertz CT molecular complexity index is 79.8. The highest BCUT2D eigenvalue weighted by Gasteiger charge is 1.90. The van der Waals surface area contributed by atoms with Crippen LogP contribution >= 0.6 is 0 Å². The summed E-state index contributed by atoms with van der Waals surface area (Å²) in [4.78, 5) is 0. The molecule has 18 heavy (non-hydrogen) atoms. The molecule has 0 amide bonds. The van der Waals surface area contributed by atoms with Crippen LogP contribution in [0.2, 0.25) is 0 Å². The van der Waals surface area contributed by atoms with Crippen molar-refractivity contribution in [3.63, 3.8) is 0 Å². The number of hydrogen-bond donors (Lipinski definition) is 3. The molecule has 0 bridgehead atoms. The molecule has 0 aromatic rings. The average molecular weight is 268 g/mol. The van der Waals surface area contributed by atoms with Crippen molar-refractivity contribution in [2.24, 2.45) is 0 Å². The highest BCUT2D eigenvalue weighted by molar-refractivity contribution is 4.43. The molecule has 3 heteroatoms. The highest BCUT2D eigenvalue weighted by atomic mass is 16.3. The van der Waals surface area contributed by atoms with Gasteiger partial charge >= 0.3 is 0 Å². The van der Waals surface area contributed by atoms with Crippen LogP contribution in [0.5, 0.6) is 0 Å². The Hall–Kier alpha value is -0.120. The molecule has 0 saturated heterocycles. The molecular formula is C15H40O3. The fraction of sp³-hybridized carbons (Fsp3) is 1.00. The third-order valence-corrected chi connectivity index (χ3v) is 1.21. The van der Waals surface area contributed by atoms with Gasteiger partial charge in [0.15, 0.2) is 0 Å². The molecule has 0 saturated carbocycles. The number of aliphatic hydroxyl groups excluding tert-OH is 3. The van der Waals surface area contributed by atoms with E-state index in [0.29, 0.717) is 0 Å². The lowest BCUT2D eigenvalue weighted by molar-refractivity contribution is 0.110. The van der Waals surface area contributed by atoms with Gasteiger partial charge in [0.25, 0.3) is 0 Å². The number of aliphatic hydroxyl groups is 3. The second kappa shape index (κ2) is 36.0. The summed E-state index contributed by atoms with van der Waals surface area (Å²) >= 11 is 0. The third kappa shape index (κ3) is 102. The first kappa shape index (κ1) is 30.7. The molecule has 0 aromatic carbocycles. The molecule has 118 valence electrons. The molecule has 1 atom stereocenters. The van der Waals surface area contributed by atoms with Crippen molar-refractivity contribution >= 4 is 0 Å². The Labute approximate surface area is 116 Å². The average Bonchev–Trinajstić information content (AvgIpc) is 2.30.